The number of rotatable bonds is 5. The Labute approximate surface area is 130 Å². The lowest BCUT2D eigenvalue weighted by molar-refractivity contribution is 0.0803. The Balaban J connectivity index is 1.68. The van der Waals surface area contributed by atoms with Crippen LogP contribution >= 0.6 is 11.3 Å². The molecule has 112 valence electrons. The number of ether oxygens (including phenoxy) is 1. The first-order valence-corrected chi connectivity index (χ1v) is 8.49. The van der Waals surface area contributed by atoms with Crippen molar-refractivity contribution >= 4 is 11.3 Å². The second-order valence-corrected chi connectivity index (χ2v) is 6.44. The molecule has 1 aromatic carbocycles. The van der Waals surface area contributed by atoms with E-state index in [9.17, 15) is 0 Å². The quantitative estimate of drug-likeness (QED) is 0.917. The van der Waals surface area contributed by atoms with Crippen LogP contribution in [-0.4, -0.2) is 25.2 Å². The molecule has 4 heteroatoms. The SMILES string of the molecule is CNC(Cc1csc(C2CCCOC2)n1)c1ccccc1. The molecule has 0 bridgehead atoms. The van der Waals surface area contributed by atoms with Crippen LogP contribution in [-0.2, 0) is 11.2 Å². The van der Waals surface area contributed by atoms with Gasteiger partial charge in [0, 0.05) is 30.4 Å². The van der Waals surface area contributed by atoms with E-state index in [-0.39, 0.29) is 0 Å². The highest BCUT2D eigenvalue weighted by atomic mass is 32.1. The zero-order chi connectivity index (χ0) is 14.5. The number of nitrogens with zero attached hydrogens (tertiary/aromatic N) is 1. The van der Waals surface area contributed by atoms with Crippen molar-refractivity contribution in [2.24, 2.45) is 0 Å². The van der Waals surface area contributed by atoms with Crippen LogP contribution in [0.1, 0.15) is 41.1 Å². The summed E-state index contributed by atoms with van der Waals surface area (Å²) in [6.45, 7) is 1.74. The van der Waals surface area contributed by atoms with Gasteiger partial charge in [-0.3, -0.25) is 0 Å². The van der Waals surface area contributed by atoms with Crippen LogP contribution in [0.2, 0.25) is 0 Å². The Morgan fingerprint density at radius 3 is 2.95 bits per heavy atom. The van der Waals surface area contributed by atoms with E-state index in [2.05, 4.69) is 41.0 Å². The van der Waals surface area contributed by atoms with E-state index in [0.29, 0.717) is 12.0 Å². The fourth-order valence-corrected chi connectivity index (χ4v) is 3.77. The smallest absolute Gasteiger partial charge is 0.0982 e. The Hall–Kier alpha value is -1.23. The number of benzene rings is 1. The second kappa shape index (κ2) is 7.16. The Kier molecular flexibility index (Phi) is 5.01. The summed E-state index contributed by atoms with van der Waals surface area (Å²) < 4.78 is 5.57. The third-order valence-corrected chi connectivity index (χ3v) is 5.10. The molecule has 21 heavy (non-hydrogen) atoms. The van der Waals surface area contributed by atoms with Gasteiger partial charge in [-0.1, -0.05) is 30.3 Å². The number of aromatic nitrogens is 1. The normalized spacial score (nSPS) is 20.3. The first kappa shape index (κ1) is 14.7. The summed E-state index contributed by atoms with van der Waals surface area (Å²) in [4.78, 5) is 4.85. The van der Waals surface area contributed by atoms with E-state index in [4.69, 9.17) is 9.72 Å². The van der Waals surface area contributed by atoms with Crippen molar-refractivity contribution < 1.29 is 4.74 Å². The van der Waals surface area contributed by atoms with Crippen molar-refractivity contribution in [1.82, 2.24) is 10.3 Å². The van der Waals surface area contributed by atoms with Gasteiger partial charge in [0.1, 0.15) is 0 Å². The van der Waals surface area contributed by atoms with Gasteiger partial charge in [0.15, 0.2) is 0 Å². The molecule has 0 spiro atoms. The van der Waals surface area contributed by atoms with Gasteiger partial charge in [-0.05, 0) is 25.5 Å². The van der Waals surface area contributed by atoms with E-state index in [0.717, 1.165) is 26.1 Å². The van der Waals surface area contributed by atoms with Crippen molar-refractivity contribution in [2.45, 2.75) is 31.2 Å². The van der Waals surface area contributed by atoms with E-state index in [1.807, 2.05) is 7.05 Å². The van der Waals surface area contributed by atoms with Gasteiger partial charge in [-0.25, -0.2) is 4.98 Å². The zero-order valence-corrected chi connectivity index (χ0v) is 13.2. The van der Waals surface area contributed by atoms with E-state index < -0.39 is 0 Å². The first-order valence-electron chi connectivity index (χ1n) is 7.61. The van der Waals surface area contributed by atoms with Crippen molar-refractivity contribution in [3.05, 3.63) is 52.0 Å². The molecule has 3 nitrogen and oxygen atoms in total. The molecule has 1 saturated heterocycles. The topological polar surface area (TPSA) is 34.1 Å². The third-order valence-electron chi connectivity index (χ3n) is 4.04. The summed E-state index contributed by atoms with van der Waals surface area (Å²) in [7, 11) is 2.01. The molecule has 3 rings (SSSR count). The molecule has 2 heterocycles. The van der Waals surface area contributed by atoms with E-state index in [1.54, 1.807) is 11.3 Å². The summed E-state index contributed by atoms with van der Waals surface area (Å²) in [5.74, 6) is 0.502. The molecular weight excluding hydrogens is 280 g/mol. The maximum absolute atomic E-state index is 5.57. The van der Waals surface area contributed by atoms with Crippen LogP contribution < -0.4 is 5.32 Å². The van der Waals surface area contributed by atoms with Gasteiger partial charge in [0.25, 0.3) is 0 Å². The molecule has 0 aliphatic carbocycles. The summed E-state index contributed by atoms with van der Waals surface area (Å²) in [6, 6.07) is 10.9. The molecular formula is C17H22N2OS. The molecule has 1 aliphatic heterocycles. The van der Waals surface area contributed by atoms with E-state index >= 15 is 0 Å². The number of hydrogen-bond donors (Lipinski definition) is 1. The predicted octanol–water partition coefficient (Wildman–Crippen LogP) is 3.54. The largest absolute Gasteiger partial charge is 0.381 e. The molecule has 1 fully saturated rings. The minimum absolute atomic E-state index is 0.323. The number of hydrogen-bond acceptors (Lipinski definition) is 4. The summed E-state index contributed by atoms with van der Waals surface area (Å²) in [6.07, 6.45) is 3.30. The van der Waals surface area contributed by atoms with Crippen molar-refractivity contribution in [1.29, 1.82) is 0 Å². The maximum Gasteiger partial charge on any atom is 0.0982 e. The molecule has 2 aromatic rings. The van der Waals surface area contributed by atoms with Crippen LogP contribution in [0.5, 0.6) is 0 Å². The van der Waals surface area contributed by atoms with Crippen molar-refractivity contribution in [3.63, 3.8) is 0 Å². The third kappa shape index (κ3) is 3.70. The molecule has 0 saturated carbocycles. The summed E-state index contributed by atoms with van der Waals surface area (Å²) >= 11 is 1.78. The summed E-state index contributed by atoms with van der Waals surface area (Å²) in [5, 5.41) is 6.84. The van der Waals surface area contributed by atoms with Crippen molar-refractivity contribution in [2.75, 3.05) is 20.3 Å². The molecule has 1 N–H and O–H groups in total. The lowest BCUT2D eigenvalue weighted by Gasteiger charge is -2.19. The van der Waals surface area contributed by atoms with Gasteiger partial charge in [0.05, 0.1) is 17.3 Å². The first-order chi connectivity index (χ1) is 10.4. The molecule has 2 atom stereocenters. The monoisotopic (exact) mass is 302 g/mol. The summed E-state index contributed by atoms with van der Waals surface area (Å²) in [5.41, 5.74) is 2.50. The average molecular weight is 302 g/mol. The van der Waals surface area contributed by atoms with Gasteiger partial charge < -0.3 is 10.1 Å². The molecule has 2 unspecified atom stereocenters. The van der Waals surface area contributed by atoms with Crippen LogP contribution in [0.4, 0.5) is 0 Å². The Bertz CT molecular complexity index is 549. The number of nitrogens with one attached hydrogen (secondary N) is 1. The zero-order valence-electron chi connectivity index (χ0n) is 12.4. The molecule has 0 amide bonds. The average Bonchev–Trinajstić information content (AvgIpc) is 3.03. The molecule has 0 radical (unpaired) electrons. The minimum Gasteiger partial charge on any atom is -0.381 e. The highest BCUT2D eigenvalue weighted by Gasteiger charge is 2.20. The predicted molar refractivity (Wildman–Crippen MR) is 86.9 cm³/mol. The second-order valence-electron chi connectivity index (χ2n) is 5.55. The lowest BCUT2D eigenvalue weighted by Crippen LogP contribution is -2.19. The number of thiazole rings is 1. The van der Waals surface area contributed by atoms with Crippen LogP contribution in [0.15, 0.2) is 35.7 Å². The van der Waals surface area contributed by atoms with Gasteiger partial charge in [0.2, 0.25) is 0 Å². The maximum atomic E-state index is 5.57. The van der Waals surface area contributed by atoms with Crippen LogP contribution in [0.25, 0.3) is 0 Å². The van der Waals surface area contributed by atoms with Gasteiger partial charge in [-0.2, -0.15) is 0 Å². The highest BCUT2D eigenvalue weighted by Crippen LogP contribution is 2.29. The number of likely N-dealkylation sites (N-methyl/N-ethyl adjacent to an activating group) is 1. The van der Waals surface area contributed by atoms with Gasteiger partial charge >= 0.3 is 0 Å². The molecule has 1 aliphatic rings. The van der Waals surface area contributed by atoms with E-state index in [1.165, 1.54) is 22.7 Å². The van der Waals surface area contributed by atoms with Crippen molar-refractivity contribution in [3.8, 4) is 0 Å². The molecule has 1 aromatic heterocycles. The highest BCUT2D eigenvalue weighted by molar-refractivity contribution is 7.09. The van der Waals surface area contributed by atoms with Crippen LogP contribution in [0.3, 0.4) is 0 Å². The van der Waals surface area contributed by atoms with Gasteiger partial charge in [-0.15, -0.1) is 11.3 Å². The van der Waals surface area contributed by atoms with Crippen LogP contribution in [0, 0.1) is 0 Å². The Morgan fingerprint density at radius 1 is 1.38 bits per heavy atom. The fourth-order valence-electron chi connectivity index (χ4n) is 2.82. The lowest BCUT2D eigenvalue weighted by atomic mass is 10.0. The Morgan fingerprint density at radius 2 is 2.24 bits per heavy atom. The fraction of sp³-hybridized carbons (Fsp3) is 0.471. The minimum atomic E-state index is 0.323. The standard InChI is InChI=1S/C17H22N2OS/c1-18-16(13-6-3-2-4-7-13)10-15-12-21-17(19-15)14-8-5-9-20-11-14/h2-4,6-7,12,14,16,18H,5,8-11H2,1H3.